The topological polar surface area (TPSA) is 96.3 Å². The molecule has 2 rings (SSSR count). The van der Waals surface area contributed by atoms with Gasteiger partial charge >= 0.3 is 12.0 Å². The Labute approximate surface area is 134 Å². The number of carbonyl (C=O) groups excluding carboxylic acids is 1. The number of carbonyl (C=O) groups is 2. The molecule has 0 atom stereocenters. The molecule has 0 unspecified atom stereocenters. The number of nitrogens with one attached hydrogen (secondary N) is 2. The van der Waals surface area contributed by atoms with E-state index in [1.807, 2.05) is 22.6 Å². The third-order valence-electron chi connectivity index (χ3n) is 2.81. The highest BCUT2D eigenvalue weighted by molar-refractivity contribution is 14.1. The first-order valence-corrected chi connectivity index (χ1v) is 7.10. The normalized spacial score (nSPS) is 10.2. The minimum atomic E-state index is -1.09. The minimum Gasteiger partial charge on any atom is -0.478 e. The molecule has 2 amide bonds. The summed E-state index contributed by atoms with van der Waals surface area (Å²) in [6.45, 7) is 0.301. The Hall–Kier alpha value is -2.10. The second kappa shape index (κ2) is 6.57. The monoisotopic (exact) mass is 400 g/mol. The molecule has 0 spiro atoms. The van der Waals surface area contributed by atoms with Crippen LogP contribution in [-0.4, -0.2) is 26.9 Å². The van der Waals surface area contributed by atoms with Gasteiger partial charge in [0.1, 0.15) is 0 Å². The molecule has 0 aliphatic heterocycles. The van der Waals surface area contributed by atoms with Crippen LogP contribution in [0.3, 0.4) is 0 Å². The number of hydrogen-bond acceptors (Lipinski definition) is 3. The molecule has 2 aromatic rings. The van der Waals surface area contributed by atoms with E-state index in [4.69, 9.17) is 5.11 Å². The van der Waals surface area contributed by atoms with Crippen LogP contribution in [0.4, 0.5) is 10.5 Å². The summed E-state index contributed by atoms with van der Waals surface area (Å²) in [5.41, 5.74) is 1.15. The van der Waals surface area contributed by atoms with Crippen LogP contribution < -0.4 is 10.6 Å². The molecule has 0 fully saturated rings. The van der Waals surface area contributed by atoms with Crippen molar-refractivity contribution in [3.8, 4) is 0 Å². The van der Waals surface area contributed by atoms with E-state index in [2.05, 4.69) is 15.7 Å². The highest BCUT2D eigenvalue weighted by Crippen LogP contribution is 2.18. The Morgan fingerprint density at radius 2 is 2.14 bits per heavy atom. The lowest BCUT2D eigenvalue weighted by atomic mass is 10.2. The van der Waals surface area contributed by atoms with E-state index >= 15 is 0 Å². The van der Waals surface area contributed by atoms with Crippen molar-refractivity contribution in [1.82, 2.24) is 15.1 Å². The average molecular weight is 400 g/mol. The quantitative estimate of drug-likeness (QED) is 0.685. The highest BCUT2D eigenvalue weighted by atomic mass is 127. The van der Waals surface area contributed by atoms with Gasteiger partial charge in [0.05, 0.1) is 23.5 Å². The number of aryl methyl sites for hydroxylation is 1. The first kappa shape index (κ1) is 15.3. The van der Waals surface area contributed by atoms with Crippen molar-refractivity contribution in [1.29, 1.82) is 0 Å². The molecule has 110 valence electrons. The van der Waals surface area contributed by atoms with Crippen molar-refractivity contribution >= 4 is 40.3 Å². The number of anilines is 1. The second-order valence-electron chi connectivity index (χ2n) is 4.25. The Morgan fingerprint density at radius 3 is 2.76 bits per heavy atom. The van der Waals surface area contributed by atoms with E-state index in [1.54, 1.807) is 36.1 Å². The zero-order chi connectivity index (χ0) is 15.4. The lowest BCUT2D eigenvalue weighted by Crippen LogP contribution is -2.29. The van der Waals surface area contributed by atoms with Gasteiger partial charge in [-0.05, 0) is 46.9 Å². The fourth-order valence-corrected chi connectivity index (χ4v) is 2.21. The fraction of sp³-hybridized carbons (Fsp3) is 0.154. The van der Waals surface area contributed by atoms with Crippen molar-refractivity contribution in [2.45, 2.75) is 6.54 Å². The van der Waals surface area contributed by atoms with Crippen molar-refractivity contribution < 1.29 is 14.7 Å². The number of carboxylic acids is 1. The second-order valence-corrected chi connectivity index (χ2v) is 5.49. The molecular weight excluding hydrogens is 387 g/mol. The molecule has 0 aliphatic carbocycles. The van der Waals surface area contributed by atoms with Crippen LogP contribution in [0.1, 0.15) is 16.1 Å². The number of rotatable bonds is 4. The Balaban J connectivity index is 2.03. The van der Waals surface area contributed by atoms with Gasteiger partial charge in [0.2, 0.25) is 0 Å². The van der Waals surface area contributed by atoms with Gasteiger partial charge in [-0.3, -0.25) is 4.68 Å². The predicted octanol–water partition coefficient (Wildman–Crippen LogP) is 2.04. The molecule has 8 heteroatoms. The molecular formula is C13H13IN4O3. The zero-order valence-corrected chi connectivity index (χ0v) is 13.3. The lowest BCUT2D eigenvalue weighted by Gasteiger charge is -2.10. The van der Waals surface area contributed by atoms with Crippen LogP contribution in [0.15, 0.2) is 30.5 Å². The summed E-state index contributed by atoms with van der Waals surface area (Å²) < 4.78 is 2.43. The fourth-order valence-electron chi connectivity index (χ4n) is 1.71. The maximum Gasteiger partial charge on any atom is 0.337 e. The van der Waals surface area contributed by atoms with Gasteiger partial charge in [0, 0.05) is 16.8 Å². The summed E-state index contributed by atoms with van der Waals surface area (Å²) in [6.07, 6.45) is 1.64. The van der Waals surface area contributed by atoms with Crippen molar-refractivity contribution in [3.05, 3.63) is 45.3 Å². The highest BCUT2D eigenvalue weighted by Gasteiger charge is 2.13. The predicted molar refractivity (Wildman–Crippen MR) is 85.2 cm³/mol. The lowest BCUT2D eigenvalue weighted by molar-refractivity contribution is 0.0698. The van der Waals surface area contributed by atoms with Crippen molar-refractivity contribution in [2.75, 3.05) is 5.32 Å². The van der Waals surface area contributed by atoms with Gasteiger partial charge in [0.25, 0.3) is 0 Å². The first-order valence-electron chi connectivity index (χ1n) is 6.02. The number of carboxylic acid groups (broad SMARTS) is 1. The number of halogens is 1. The number of aromatic carboxylic acids is 1. The number of amides is 2. The Bertz CT molecular complexity index is 684. The molecule has 0 aliphatic rings. The molecule has 7 nitrogen and oxygen atoms in total. The van der Waals surface area contributed by atoms with Gasteiger partial charge in [-0.2, -0.15) is 5.10 Å². The van der Waals surface area contributed by atoms with Crippen molar-refractivity contribution in [2.24, 2.45) is 7.05 Å². The van der Waals surface area contributed by atoms with E-state index in [1.165, 1.54) is 6.07 Å². The number of aromatic nitrogens is 2. The summed E-state index contributed by atoms with van der Waals surface area (Å²) in [5, 5.41) is 18.3. The van der Waals surface area contributed by atoms with Gasteiger partial charge < -0.3 is 15.7 Å². The number of urea groups is 1. The maximum absolute atomic E-state index is 11.8. The summed E-state index contributed by atoms with van der Waals surface area (Å²) >= 11 is 2.02. The van der Waals surface area contributed by atoms with Crippen LogP contribution >= 0.6 is 22.6 Å². The summed E-state index contributed by atoms with van der Waals surface area (Å²) in [6, 6.07) is 6.10. The Morgan fingerprint density at radius 1 is 1.38 bits per heavy atom. The van der Waals surface area contributed by atoms with E-state index in [-0.39, 0.29) is 11.3 Å². The standard InChI is InChI=1S/C13H13IN4O3/c1-18-9(4-5-16-18)7-15-13(21)17-11-3-2-8(14)6-10(11)12(19)20/h2-6H,7H2,1H3,(H,19,20)(H2,15,17,21). The molecule has 0 saturated heterocycles. The average Bonchev–Trinajstić information content (AvgIpc) is 2.84. The number of nitrogens with zero attached hydrogens (tertiary/aromatic N) is 2. The molecule has 21 heavy (non-hydrogen) atoms. The van der Waals surface area contributed by atoms with Crippen LogP contribution in [0.2, 0.25) is 0 Å². The maximum atomic E-state index is 11.8. The van der Waals surface area contributed by atoms with E-state index in [0.717, 1.165) is 9.26 Å². The molecule has 0 saturated carbocycles. The smallest absolute Gasteiger partial charge is 0.337 e. The molecule has 0 bridgehead atoms. The van der Waals surface area contributed by atoms with E-state index in [9.17, 15) is 9.59 Å². The van der Waals surface area contributed by atoms with E-state index in [0.29, 0.717) is 6.54 Å². The van der Waals surface area contributed by atoms with E-state index < -0.39 is 12.0 Å². The number of benzene rings is 1. The summed E-state index contributed by atoms with van der Waals surface area (Å²) in [5.74, 6) is -1.09. The van der Waals surface area contributed by atoms with Gasteiger partial charge in [0.15, 0.2) is 0 Å². The number of hydrogen-bond donors (Lipinski definition) is 3. The van der Waals surface area contributed by atoms with Crippen LogP contribution in [0.5, 0.6) is 0 Å². The largest absolute Gasteiger partial charge is 0.478 e. The van der Waals surface area contributed by atoms with Gasteiger partial charge in [-0.1, -0.05) is 0 Å². The molecule has 1 heterocycles. The van der Waals surface area contributed by atoms with Crippen LogP contribution in [0.25, 0.3) is 0 Å². The SMILES string of the molecule is Cn1nccc1CNC(=O)Nc1ccc(I)cc1C(=O)O. The molecule has 1 aromatic carbocycles. The minimum absolute atomic E-state index is 0.0533. The van der Waals surface area contributed by atoms with Gasteiger partial charge in [-0.25, -0.2) is 9.59 Å². The van der Waals surface area contributed by atoms with Crippen molar-refractivity contribution in [3.63, 3.8) is 0 Å². The first-order chi connectivity index (χ1) is 9.97. The third kappa shape index (κ3) is 3.94. The zero-order valence-electron chi connectivity index (χ0n) is 11.1. The summed E-state index contributed by atoms with van der Waals surface area (Å²) in [4.78, 5) is 23.0. The third-order valence-corrected chi connectivity index (χ3v) is 3.48. The van der Waals surface area contributed by atoms with Crippen LogP contribution in [-0.2, 0) is 13.6 Å². The molecule has 0 radical (unpaired) electrons. The molecule has 1 aromatic heterocycles. The van der Waals surface area contributed by atoms with Gasteiger partial charge in [-0.15, -0.1) is 0 Å². The van der Waals surface area contributed by atoms with Crippen LogP contribution in [0, 0.1) is 3.57 Å². The Kier molecular flexibility index (Phi) is 4.78. The summed E-state index contributed by atoms with van der Waals surface area (Å²) in [7, 11) is 1.77. The molecule has 3 N–H and O–H groups in total.